The zero-order chi connectivity index (χ0) is 12.3. The van der Waals surface area contributed by atoms with Gasteiger partial charge in [0.2, 0.25) is 0 Å². The van der Waals surface area contributed by atoms with Crippen LogP contribution < -0.4 is 0 Å². The second kappa shape index (κ2) is 5.62. The van der Waals surface area contributed by atoms with Crippen LogP contribution in [0.4, 0.5) is 0 Å². The van der Waals surface area contributed by atoms with E-state index in [4.69, 9.17) is 9.47 Å². The van der Waals surface area contributed by atoms with E-state index in [1.54, 1.807) is 0 Å². The Kier molecular flexibility index (Phi) is 4.37. The predicted octanol–water partition coefficient (Wildman–Crippen LogP) is 1.14. The van der Waals surface area contributed by atoms with Crippen LogP contribution >= 0.6 is 0 Å². The number of nitrogens with zero attached hydrogens (tertiary/aromatic N) is 1. The average Bonchev–Trinajstić information content (AvgIpc) is 2.30. The van der Waals surface area contributed by atoms with E-state index in [1.807, 2.05) is 0 Å². The Balaban J connectivity index is 2.11. The van der Waals surface area contributed by atoms with Crippen molar-refractivity contribution in [3.05, 3.63) is 0 Å². The minimum atomic E-state index is -4.28. The largest absolute Gasteiger partial charge is 0.362 e. The maximum atomic E-state index is 11.5. The first-order chi connectivity index (χ1) is 8.09. The molecule has 17 heavy (non-hydrogen) atoms. The molecule has 7 heteroatoms. The molecule has 2 fully saturated rings. The maximum absolute atomic E-state index is 11.5. The van der Waals surface area contributed by atoms with Gasteiger partial charge in [-0.2, -0.15) is 8.42 Å². The molecule has 0 aromatic heterocycles. The quantitative estimate of drug-likeness (QED) is 0.774. The Morgan fingerprint density at radius 2 is 1.41 bits per heavy atom. The van der Waals surface area contributed by atoms with Gasteiger partial charge in [-0.25, -0.2) is 0 Å². The molecule has 0 aromatic rings. The molecule has 2 aliphatic heterocycles. The van der Waals surface area contributed by atoms with Crippen LogP contribution in [-0.4, -0.2) is 42.9 Å². The molecule has 0 radical (unpaired) electrons. The van der Waals surface area contributed by atoms with E-state index in [9.17, 15) is 13.0 Å². The summed E-state index contributed by atoms with van der Waals surface area (Å²) in [6.07, 6.45) is 3.73. The van der Waals surface area contributed by atoms with Gasteiger partial charge in [-0.05, 0) is 38.5 Å². The molecule has 0 bridgehead atoms. The zero-order valence-corrected chi connectivity index (χ0v) is 10.6. The van der Waals surface area contributed by atoms with E-state index in [0.717, 1.165) is 30.0 Å². The summed E-state index contributed by atoms with van der Waals surface area (Å²) < 4.78 is 44.1. The Morgan fingerprint density at radius 1 is 0.941 bits per heavy atom. The highest BCUT2D eigenvalue weighted by Crippen LogP contribution is 2.26. The highest BCUT2D eigenvalue weighted by molar-refractivity contribution is 7.83. The third kappa shape index (κ3) is 3.38. The van der Waals surface area contributed by atoms with Gasteiger partial charge in [0.05, 0.1) is 0 Å². The summed E-state index contributed by atoms with van der Waals surface area (Å²) in [5.41, 5.74) is 0. The van der Waals surface area contributed by atoms with Crippen molar-refractivity contribution in [3.63, 3.8) is 0 Å². The van der Waals surface area contributed by atoms with Gasteiger partial charge in [0.1, 0.15) is 12.5 Å². The van der Waals surface area contributed by atoms with Gasteiger partial charge in [0.15, 0.2) is 0 Å². The lowest BCUT2D eigenvalue weighted by Gasteiger charge is -2.37. The molecular formula is C10H19NO5S. The van der Waals surface area contributed by atoms with Crippen LogP contribution in [0.15, 0.2) is 0 Å². The van der Waals surface area contributed by atoms with Crippen LogP contribution in [-0.2, 0) is 19.8 Å². The van der Waals surface area contributed by atoms with Gasteiger partial charge in [0, 0.05) is 13.2 Å². The van der Waals surface area contributed by atoms with Crippen molar-refractivity contribution >= 4 is 10.3 Å². The minimum Gasteiger partial charge on any atom is -0.362 e. The van der Waals surface area contributed by atoms with Crippen molar-refractivity contribution in [2.24, 2.45) is 0 Å². The van der Waals surface area contributed by atoms with Gasteiger partial charge in [-0.3, -0.25) is 4.55 Å². The molecule has 0 amide bonds. The summed E-state index contributed by atoms with van der Waals surface area (Å²) in [6.45, 7) is 1.06. The molecule has 6 nitrogen and oxygen atoms in total. The third-order valence-corrected chi connectivity index (χ3v) is 4.15. The topological polar surface area (TPSA) is 76.1 Å². The Labute approximate surface area is 102 Å². The van der Waals surface area contributed by atoms with Crippen LogP contribution in [0.3, 0.4) is 0 Å². The van der Waals surface area contributed by atoms with E-state index in [2.05, 4.69) is 0 Å². The van der Waals surface area contributed by atoms with Crippen LogP contribution in [0, 0.1) is 0 Å². The first-order valence-corrected chi connectivity index (χ1v) is 7.48. The van der Waals surface area contributed by atoms with E-state index < -0.39 is 22.8 Å². The first-order valence-electron chi connectivity index (χ1n) is 6.08. The van der Waals surface area contributed by atoms with Gasteiger partial charge >= 0.3 is 10.3 Å². The van der Waals surface area contributed by atoms with E-state index >= 15 is 0 Å². The molecule has 2 unspecified atom stereocenters. The van der Waals surface area contributed by atoms with Crippen molar-refractivity contribution in [1.82, 2.24) is 4.31 Å². The summed E-state index contributed by atoms with van der Waals surface area (Å²) in [5, 5.41) is 0. The normalized spacial score (nSPS) is 31.6. The number of hydrogen-bond acceptors (Lipinski definition) is 4. The lowest BCUT2D eigenvalue weighted by molar-refractivity contribution is -0.140. The summed E-state index contributed by atoms with van der Waals surface area (Å²) in [6, 6.07) is 0. The van der Waals surface area contributed by atoms with Crippen molar-refractivity contribution < 1.29 is 22.4 Å². The van der Waals surface area contributed by atoms with Crippen molar-refractivity contribution in [1.29, 1.82) is 0 Å². The second-order valence-corrected chi connectivity index (χ2v) is 5.77. The first kappa shape index (κ1) is 13.2. The molecule has 1 N–H and O–H groups in total. The molecular weight excluding hydrogens is 246 g/mol. The number of ether oxygens (including phenoxy) is 2. The monoisotopic (exact) mass is 265 g/mol. The fourth-order valence-corrected chi connectivity index (χ4v) is 3.26. The Bertz CT molecular complexity index is 315. The molecule has 2 heterocycles. The highest BCUT2D eigenvalue weighted by atomic mass is 32.2. The Hall–Kier alpha value is -0.210. The van der Waals surface area contributed by atoms with Crippen LogP contribution in [0.5, 0.6) is 0 Å². The molecule has 2 saturated heterocycles. The van der Waals surface area contributed by atoms with Crippen molar-refractivity contribution in [2.45, 2.75) is 51.0 Å². The summed E-state index contributed by atoms with van der Waals surface area (Å²) in [5.74, 6) is 0. The van der Waals surface area contributed by atoms with Gasteiger partial charge in [0.25, 0.3) is 0 Å². The standard InChI is InChI=1S/C10H19NO5S/c12-17(13,14)11(9-5-1-3-7-15-9)10-6-2-4-8-16-10/h9-10H,1-8H2,(H,12,13,14). The van der Waals surface area contributed by atoms with Gasteiger partial charge in [-0.1, -0.05) is 0 Å². The third-order valence-electron chi connectivity index (χ3n) is 3.15. The number of hydrogen-bond donors (Lipinski definition) is 1. The maximum Gasteiger partial charge on any atom is 0.340 e. The second-order valence-electron chi connectivity index (χ2n) is 4.45. The molecule has 0 saturated carbocycles. The molecule has 0 aromatic carbocycles. The van der Waals surface area contributed by atoms with Crippen molar-refractivity contribution in [2.75, 3.05) is 13.2 Å². The molecule has 0 spiro atoms. The number of rotatable bonds is 3. The van der Waals surface area contributed by atoms with E-state index in [-0.39, 0.29) is 0 Å². The van der Waals surface area contributed by atoms with Crippen LogP contribution in [0.1, 0.15) is 38.5 Å². The van der Waals surface area contributed by atoms with Gasteiger partial charge in [-0.15, -0.1) is 4.31 Å². The average molecular weight is 265 g/mol. The lowest BCUT2D eigenvalue weighted by atomic mass is 10.1. The van der Waals surface area contributed by atoms with Gasteiger partial charge < -0.3 is 9.47 Å². The fraction of sp³-hybridized carbons (Fsp3) is 1.00. The van der Waals surface area contributed by atoms with E-state index in [0.29, 0.717) is 26.1 Å². The SMILES string of the molecule is O=S(=O)(O)N(C1CCCCO1)C1CCCCO1. The molecule has 2 atom stereocenters. The predicted molar refractivity (Wildman–Crippen MR) is 60.6 cm³/mol. The Morgan fingerprint density at radius 3 is 1.71 bits per heavy atom. The van der Waals surface area contributed by atoms with Crippen LogP contribution in [0.25, 0.3) is 0 Å². The van der Waals surface area contributed by atoms with E-state index in [1.165, 1.54) is 0 Å². The lowest BCUT2D eigenvalue weighted by Crippen LogP contribution is -2.51. The molecule has 2 rings (SSSR count). The summed E-state index contributed by atoms with van der Waals surface area (Å²) in [7, 11) is -4.28. The highest BCUT2D eigenvalue weighted by Gasteiger charge is 2.38. The zero-order valence-electron chi connectivity index (χ0n) is 9.75. The van der Waals surface area contributed by atoms with Crippen LogP contribution in [0.2, 0.25) is 0 Å². The van der Waals surface area contributed by atoms with Crippen molar-refractivity contribution in [3.8, 4) is 0 Å². The molecule has 0 aliphatic carbocycles. The molecule has 2 aliphatic rings. The summed E-state index contributed by atoms with van der Waals surface area (Å²) >= 11 is 0. The molecule has 100 valence electrons. The smallest absolute Gasteiger partial charge is 0.340 e. The minimum absolute atomic E-state index is 0.531. The summed E-state index contributed by atoms with van der Waals surface area (Å²) in [4.78, 5) is 0. The fourth-order valence-electron chi connectivity index (χ4n) is 2.33.